The van der Waals surface area contributed by atoms with Crippen molar-refractivity contribution in [3.05, 3.63) is 59.7 Å². The second-order valence-electron chi connectivity index (χ2n) is 9.11. The quantitative estimate of drug-likeness (QED) is 0.716. The van der Waals surface area contributed by atoms with Crippen molar-refractivity contribution in [2.75, 3.05) is 38.5 Å². The lowest BCUT2D eigenvalue weighted by atomic mass is 10.1. The van der Waals surface area contributed by atoms with Crippen LogP contribution >= 0.6 is 0 Å². The number of hydrogen-bond donors (Lipinski definition) is 2. The fourth-order valence-corrected chi connectivity index (χ4v) is 4.83. The van der Waals surface area contributed by atoms with Crippen LogP contribution in [0.25, 0.3) is 0 Å². The summed E-state index contributed by atoms with van der Waals surface area (Å²) in [6.07, 6.45) is 0. The minimum atomic E-state index is -3.63. The molecule has 0 saturated carbocycles. The Hall–Kier alpha value is -2.26. The third kappa shape index (κ3) is 6.87. The molecule has 0 spiro atoms. The minimum Gasteiger partial charge on any atom is -0.322 e. The van der Waals surface area contributed by atoms with Crippen molar-refractivity contribution in [2.24, 2.45) is 0 Å². The van der Waals surface area contributed by atoms with Gasteiger partial charge in [0.05, 0.1) is 4.90 Å². The Balaban J connectivity index is 1.58. The van der Waals surface area contributed by atoms with E-state index in [4.69, 9.17) is 0 Å². The lowest BCUT2D eigenvalue weighted by Gasteiger charge is -2.32. The van der Waals surface area contributed by atoms with Gasteiger partial charge in [-0.3, -0.25) is 9.69 Å². The van der Waals surface area contributed by atoms with E-state index >= 15 is 0 Å². The molecule has 3 rings (SSSR count). The van der Waals surface area contributed by atoms with Crippen molar-refractivity contribution in [3.8, 4) is 0 Å². The van der Waals surface area contributed by atoms with E-state index in [1.54, 1.807) is 20.8 Å². The number of benzene rings is 2. The molecule has 1 heterocycles. The van der Waals surface area contributed by atoms with Crippen LogP contribution < -0.4 is 10.0 Å². The summed E-state index contributed by atoms with van der Waals surface area (Å²) in [5, 5.41) is 2.87. The first-order valence-corrected chi connectivity index (χ1v) is 12.0. The molecule has 1 aliphatic heterocycles. The zero-order valence-corrected chi connectivity index (χ0v) is 19.5. The highest BCUT2D eigenvalue weighted by Crippen LogP contribution is 2.17. The fourth-order valence-electron chi connectivity index (χ4n) is 3.41. The van der Waals surface area contributed by atoms with Crippen LogP contribution in [0.3, 0.4) is 0 Å². The predicted molar refractivity (Wildman–Crippen MR) is 124 cm³/mol. The third-order valence-corrected chi connectivity index (χ3v) is 6.86. The number of anilines is 1. The molecule has 0 aromatic heterocycles. The normalized spacial score (nSPS) is 16.3. The predicted octanol–water partition coefficient (Wildman–Crippen LogP) is 2.76. The monoisotopic (exact) mass is 444 g/mol. The van der Waals surface area contributed by atoms with E-state index in [-0.39, 0.29) is 10.8 Å². The van der Waals surface area contributed by atoms with Crippen LogP contribution in [-0.2, 0) is 16.6 Å². The van der Waals surface area contributed by atoms with Crippen molar-refractivity contribution in [2.45, 2.75) is 37.8 Å². The Labute approximate surface area is 185 Å². The largest absolute Gasteiger partial charge is 0.322 e. The number of likely N-dealkylation sites (N-methyl/N-ethyl adjacent to an activating group) is 1. The molecule has 1 saturated heterocycles. The second-order valence-corrected chi connectivity index (χ2v) is 10.8. The number of nitrogens with one attached hydrogen (secondary N) is 2. The molecular weight excluding hydrogens is 412 g/mol. The summed E-state index contributed by atoms with van der Waals surface area (Å²) >= 11 is 0. The van der Waals surface area contributed by atoms with Crippen LogP contribution in [-0.4, -0.2) is 62.9 Å². The molecule has 2 N–H and O–H groups in total. The molecule has 1 aliphatic rings. The SMILES string of the molecule is CN1CCN(Cc2ccc(NC(=O)c3ccc(S(=O)(=O)NC(C)(C)C)cc3)cc2)CC1. The van der Waals surface area contributed by atoms with Gasteiger partial charge in [0, 0.05) is 49.5 Å². The van der Waals surface area contributed by atoms with Gasteiger partial charge >= 0.3 is 0 Å². The number of rotatable bonds is 6. The van der Waals surface area contributed by atoms with Gasteiger partial charge in [0.25, 0.3) is 5.91 Å². The summed E-state index contributed by atoms with van der Waals surface area (Å²) in [5.41, 5.74) is 1.74. The average molecular weight is 445 g/mol. The molecule has 7 nitrogen and oxygen atoms in total. The standard InChI is InChI=1S/C23H32N4O3S/c1-23(2,3)25-31(29,30)21-11-7-19(8-12-21)22(28)24-20-9-5-18(6-10-20)17-27-15-13-26(4)14-16-27/h5-12,25H,13-17H2,1-4H3,(H,24,28). The topological polar surface area (TPSA) is 81.8 Å². The van der Waals surface area contributed by atoms with E-state index < -0.39 is 15.6 Å². The Kier molecular flexibility index (Phi) is 7.16. The van der Waals surface area contributed by atoms with Gasteiger partial charge in [-0.1, -0.05) is 12.1 Å². The van der Waals surface area contributed by atoms with Crippen molar-refractivity contribution >= 4 is 21.6 Å². The molecule has 0 unspecified atom stereocenters. The van der Waals surface area contributed by atoms with E-state index in [1.807, 2.05) is 24.3 Å². The first-order valence-electron chi connectivity index (χ1n) is 10.5. The summed E-state index contributed by atoms with van der Waals surface area (Å²) in [6, 6.07) is 13.8. The molecular formula is C23H32N4O3S. The summed E-state index contributed by atoms with van der Waals surface area (Å²) in [7, 11) is -1.48. The van der Waals surface area contributed by atoms with Crippen LogP contribution in [0, 0.1) is 0 Å². The molecule has 31 heavy (non-hydrogen) atoms. The number of sulfonamides is 1. The maximum atomic E-state index is 12.5. The Morgan fingerprint density at radius 3 is 2.06 bits per heavy atom. The number of carbonyl (C=O) groups is 1. The third-order valence-electron chi connectivity index (χ3n) is 5.08. The molecule has 1 fully saturated rings. The number of piperazine rings is 1. The molecule has 1 amide bonds. The van der Waals surface area contributed by atoms with Crippen LogP contribution in [0.15, 0.2) is 53.4 Å². The van der Waals surface area contributed by atoms with Gasteiger partial charge < -0.3 is 10.2 Å². The zero-order chi connectivity index (χ0) is 22.6. The average Bonchev–Trinajstić information content (AvgIpc) is 2.69. The molecule has 0 aliphatic carbocycles. The van der Waals surface area contributed by atoms with E-state index in [0.717, 1.165) is 32.7 Å². The van der Waals surface area contributed by atoms with Gasteiger partial charge in [-0.25, -0.2) is 13.1 Å². The molecule has 8 heteroatoms. The van der Waals surface area contributed by atoms with Crippen molar-refractivity contribution < 1.29 is 13.2 Å². The molecule has 0 atom stereocenters. The van der Waals surface area contributed by atoms with Crippen molar-refractivity contribution in [1.82, 2.24) is 14.5 Å². The molecule has 2 aromatic carbocycles. The van der Waals surface area contributed by atoms with Gasteiger partial charge in [0.15, 0.2) is 0 Å². The van der Waals surface area contributed by atoms with Crippen molar-refractivity contribution in [3.63, 3.8) is 0 Å². The van der Waals surface area contributed by atoms with E-state index in [1.165, 1.54) is 29.8 Å². The smallest absolute Gasteiger partial charge is 0.255 e. The second kappa shape index (κ2) is 9.48. The molecule has 168 valence electrons. The highest BCUT2D eigenvalue weighted by molar-refractivity contribution is 7.89. The molecule has 0 radical (unpaired) electrons. The molecule has 0 bridgehead atoms. The Bertz CT molecular complexity index is 989. The van der Waals surface area contributed by atoms with Crippen LogP contribution in [0.1, 0.15) is 36.7 Å². The summed E-state index contributed by atoms with van der Waals surface area (Å²) in [4.78, 5) is 17.4. The minimum absolute atomic E-state index is 0.132. The number of hydrogen-bond acceptors (Lipinski definition) is 5. The van der Waals surface area contributed by atoms with Crippen LogP contribution in [0.4, 0.5) is 5.69 Å². The number of carbonyl (C=O) groups excluding carboxylic acids is 1. The summed E-state index contributed by atoms with van der Waals surface area (Å²) in [5.74, 6) is -0.278. The first kappa shape index (κ1) is 23.4. The summed E-state index contributed by atoms with van der Waals surface area (Å²) in [6.45, 7) is 10.5. The van der Waals surface area contributed by atoms with Gasteiger partial charge in [-0.2, -0.15) is 0 Å². The van der Waals surface area contributed by atoms with Crippen LogP contribution in [0.2, 0.25) is 0 Å². The Morgan fingerprint density at radius 2 is 1.52 bits per heavy atom. The highest BCUT2D eigenvalue weighted by atomic mass is 32.2. The lowest BCUT2D eigenvalue weighted by Crippen LogP contribution is -2.43. The van der Waals surface area contributed by atoms with E-state index in [9.17, 15) is 13.2 Å². The number of amides is 1. The van der Waals surface area contributed by atoms with Gasteiger partial charge in [0.1, 0.15) is 0 Å². The number of nitrogens with zero attached hydrogens (tertiary/aromatic N) is 2. The zero-order valence-electron chi connectivity index (χ0n) is 18.7. The van der Waals surface area contributed by atoms with E-state index in [2.05, 4.69) is 26.9 Å². The maximum absolute atomic E-state index is 12.5. The Morgan fingerprint density at radius 1 is 0.935 bits per heavy atom. The maximum Gasteiger partial charge on any atom is 0.255 e. The molecule has 2 aromatic rings. The highest BCUT2D eigenvalue weighted by Gasteiger charge is 2.22. The van der Waals surface area contributed by atoms with Gasteiger partial charge in [0.2, 0.25) is 10.0 Å². The van der Waals surface area contributed by atoms with E-state index in [0.29, 0.717) is 11.3 Å². The fraction of sp³-hybridized carbons (Fsp3) is 0.435. The van der Waals surface area contributed by atoms with Crippen LogP contribution in [0.5, 0.6) is 0 Å². The lowest BCUT2D eigenvalue weighted by molar-refractivity contribution is 0.102. The van der Waals surface area contributed by atoms with Gasteiger partial charge in [-0.05, 0) is 69.8 Å². The summed E-state index contributed by atoms with van der Waals surface area (Å²) < 4.78 is 27.4. The first-order chi connectivity index (χ1) is 14.5. The van der Waals surface area contributed by atoms with Gasteiger partial charge in [-0.15, -0.1) is 0 Å². The van der Waals surface area contributed by atoms with Crippen molar-refractivity contribution in [1.29, 1.82) is 0 Å².